The molecule has 22 heavy (non-hydrogen) atoms. The van der Waals surface area contributed by atoms with Gasteiger partial charge in [0.05, 0.1) is 0 Å². The van der Waals surface area contributed by atoms with Crippen molar-refractivity contribution < 1.29 is 14.1 Å². The lowest BCUT2D eigenvalue weighted by atomic mass is 10.1. The third-order valence-corrected chi connectivity index (χ3v) is 2.84. The van der Waals surface area contributed by atoms with Crippen LogP contribution in [0.4, 0.5) is 4.79 Å². The molecule has 6 heteroatoms. The number of alkyl carbamates (subject to hydrolysis) is 1. The van der Waals surface area contributed by atoms with Crippen LogP contribution in [0.5, 0.6) is 0 Å². The van der Waals surface area contributed by atoms with E-state index in [4.69, 9.17) is 9.26 Å². The van der Waals surface area contributed by atoms with Gasteiger partial charge in [0.25, 0.3) is 5.89 Å². The molecule has 0 aliphatic rings. The van der Waals surface area contributed by atoms with Crippen LogP contribution in [0, 0.1) is 0 Å². The summed E-state index contributed by atoms with van der Waals surface area (Å²) >= 11 is 0. The summed E-state index contributed by atoms with van der Waals surface area (Å²) in [5.41, 5.74) is 0.272. The zero-order chi connectivity index (χ0) is 16.2. The maximum Gasteiger partial charge on any atom is 0.408 e. The second kappa shape index (κ2) is 6.60. The molecule has 6 nitrogen and oxygen atoms in total. The van der Waals surface area contributed by atoms with Crippen LogP contribution < -0.4 is 5.32 Å². The van der Waals surface area contributed by atoms with E-state index in [1.165, 1.54) is 0 Å². The number of aryl methyl sites for hydroxylation is 1. The number of hydrogen-bond acceptors (Lipinski definition) is 5. The average molecular weight is 303 g/mol. The first-order chi connectivity index (χ1) is 10.4. The molecular weight excluding hydrogens is 282 g/mol. The molecule has 0 radical (unpaired) electrons. The molecule has 0 spiro atoms. The van der Waals surface area contributed by atoms with Gasteiger partial charge in [0.1, 0.15) is 11.6 Å². The van der Waals surface area contributed by atoms with Crippen LogP contribution in [-0.4, -0.2) is 21.8 Å². The Bertz CT molecular complexity index is 617. The molecule has 0 unspecified atom stereocenters. The van der Waals surface area contributed by atoms with Gasteiger partial charge in [-0.15, -0.1) is 0 Å². The maximum absolute atomic E-state index is 12.1. The standard InChI is InChI=1S/C16H21N3O3/c1-5-12-17-14(22-19-12)13(11-9-7-6-8-10-11)18-15(20)21-16(2,3)4/h6-10,13H,5H2,1-4H3,(H,18,20)/t13-/m1/s1. The van der Waals surface area contributed by atoms with E-state index >= 15 is 0 Å². The van der Waals surface area contributed by atoms with Gasteiger partial charge in [-0.25, -0.2) is 4.79 Å². The molecule has 1 amide bonds. The number of rotatable bonds is 4. The molecule has 1 heterocycles. The number of carbonyl (C=O) groups is 1. The highest BCUT2D eigenvalue weighted by Gasteiger charge is 2.25. The van der Waals surface area contributed by atoms with Gasteiger partial charge in [0, 0.05) is 6.42 Å². The zero-order valence-electron chi connectivity index (χ0n) is 13.3. The highest BCUT2D eigenvalue weighted by atomic mass is 16.6. The van der Waals surface area contributed by atoms with Crippen LogP contribution in [0.2, 0.25) is 0 Å². The Balaban J connectivity index is 2.24. The lowest BCUT2D eigenvalue weighted by Gasteiger charge is -2.22. The third-order valence-electron chi connectivity index (χ3n) is 2.84. The van der Waals surface area contributed by atoms with Gasteiger partial charge in [0.15, 0.2) is 5.82 Å². The minimum absolute atomic E-state index is 0.342. The normalized spacial score (nSPS) is 12.7. The van der Waals surface area contributed by atoms with Crippen molar-refractivity contribution in [2.75, 3.05) is 0 Å². The predicted molar refractivity (Wildman–Crippen MR) is 81.3 cm³/mol. The van der Waals surface area contributed by atoms with Crippen molar-refractivity contribution in [2.45, 2.75) is 45.8 Å². The predicted octanol–water partition coefficient (Wildman–Crippen LogP) is 3.25. The summed E-state index contributed by atoms with van der Waals surface area (Å²) in [5.74, 6) is 0.941. The lowest BCUT2D eigenvalue weighted by molar-refractivity contribution is 0.0504. The van der Waals surface area contributed by atoms with Crippen molar-refractivity contribution in [2.24, 2.45) is 0 Å². The second-order valence-electron chi connectivity index (χ2n) is 5.89. The first-order valence-electron chi connectivity index (χ1n) is 7.26. The van der Waals surface area contributed by atoms with Crippen LogP contribution >= 0.6 is 0 Å². The summed E-state index contributed by atoms with van der Waals surface area (Å²) in [6, 6.07) is 8.91. The zero-order valence-corrected chi connectivity index (χ0v) is 13.3. The Kier molecular flexibility index (Phi) is 4.80. The molecule has 1 aromatic heterocycles. The number of nitrogens with one attached hydrogen (secondary N) is 1. The van der Waals surface area contributed by atoms with Crippen molar-refractivity contribution in [1.82, 2.24) is 15.5 Å². The van der Waals surface area contributed by atoms with Gasteiger partial charge in [-0.05, 0) is 26.3 Å². The molecule has 0 bridgehead atoms. The Labute approximate surface area is 129 Å². The molecule has 0 saturated heterocycles. The highest BCUT2D eigenvalue weighted by Crippen LogP contribution is 2.21. The molecule has 0 saturated carbocycles. The largest absolute Gasteiger partial charge is 0.444 e. The molecule has 0 aliphatic carbocycles. The van der Waals surface area contributed by atoms with E-state index in [1.807, 2.05) is 58.0 Å². The molecule has 118 valence electrons. The summed E-state index contributed by atoms with van der Waals surface area (Å²) in [4.78, 5) is 16.4. The van der Waals surface area contributed by atoms with E-state index in [0.29, 0.717) is 18.1 Å². The molecule has 2 aromatic rings. The molecule has 1 N–H and O–H groups in total. The number of hydrogen-bond donors (Lipinski definition) is 1. The first kappa shape index (κ1) is 16.0. The van der Waals surface area contributed by atoms with Crippen LogP contribution in [0.25, 0.3) is 0 Å². The number of ether oxygens (including phenoxy) is 1. The fourth-order valence-electron chi connectivity index (χ4n) is 1.89. The van der Waals surface area contributed by atoms with Crippen LogP contribution in [0.15, 0.2) is 34.9 Å². The average Bonchev–Trinajstić information content (AvgIpc) is 2.92. The van der Waals surface area contributed by atoms with Gasteiger partial charge in [-0.2, -0.15) is 4.98 Å². The highest BCUT2D eigenvalue weighted by molar-refractivity contribution is 5.68. The second-order valence-corrected chi connectivity index (χ2v) is 5.89. The number of amides is 1. The summed E-state index contributed by atoms with van der Waals surface area (Å²) in [5, 5.41) is 6.67. The van der Waals surface area contributed by atoms with Crippen LogP contribution in [0.1, 0.15) is 51.0 Å². The van der Waals surface area contributed by atoms with E-state index in [2.05, 4.69) is 15.5 Å². The SMILES string of the molecule is CCc1noc([C@H](NC(=O)OC(C)(C)C)c2ccccc2)n1. The first-order valence-corrected chi connectivity index (χ1v) is 7.26. The summed E-state index contributed by atoms with van der Waals surface area (Å²) in [6.07, 6.45) is 0.134. The molecule has 0 fully saturated rings. The maximum atomic E-state index is 12.1. The Morgan fingerprint density at radius 3 is 2.55 bits per heavy atom. The van der Waals surface area contributed by atoms with Crippen LogP contribution in [-0.2, 0) is 11.2 Å². The Hall–Kier alpha value is -2.37. The van der Waals surface area contributed by atoms with Gasteiger partial charge in [-0.3, -0.25) is 0 Å². The summed E-state index contributed by atoms with van der Waals surface area (Å²) < 4.78 is 10.6. The molecular formula is C16H21N3O3. The van der Waals surface area contributed by atoms with E-state index in [-0.39, 0.29) is 0 Å². The van der Waals surface area contributed by atoms with E-state index in [0.717, 1.165) is 5.56 Å². The summed E-state index contributed by atoms with van der Waals surface area (Å²) in [6.45, 7) is 7.37. The van der Waals surface area contributed by atoms with E-state index in [9.17, 15) is 4.79 Å². The smallest absolute Gasteiger partial charge is 0.408 e. The van der Waals surface area contributed by atoms with Crippen molar-refractivity contribution >= 4 is 6.09 Å². The molecule has 2 rings (SSSR count). The quantitative estimate of drug-likeness (QED) is 0.938. The van der Waals surface area contributed by atoms with Gasteiger partial charge in [-0.1, -0.05) is 42.4 Å². The van der Waals surface area contributed by atoms with E-state index in [1.54, 1.807) is 0 Å². The molecule has 0 aliphatic heterocycles. The van der Waals surface area contributed by atoms with Crippen molar-refractivity contribution in [3.05, 3.63) is 47.6 Å². The molecule has 1 atom stereocenters. The van der Waals surface area contributed by atoms with E-state index < -0.39 is 17.7 Å². The molecule has 1 aromatic carbocycles. The van der Waals surface area contributed by atoms with Gasteiger partial charge in [0.2, 0.25) is 0 Å². The minimum Gasteiger partial charge on any atom is -0.444 e. The van der Waals surface area contributed by atoms with Crippen molar-refractivity contribution in [1.29, 1.82) is 0 Å². The van der Waals surface area contributed by atoms with Crippen molar-refractivity contribution in [3.8, 4) is 0 Å². The number of nitrogens with zero attached hydrogens (tertiary/aromatic N) is 2. The lowest BCUT2D eigenvalue weighted by Crippen LogP contribution is -2.35. The third kappa shape index (κ3) is 4.31. The van der Waals surface area contributed by atoms with Crippen LogP contribution in [0.3, 0.4) is 0 Å². The number of benzene rings is 1. The number of aromatic nitrogens is 2. The van der Waals surface area contributed by atoms with Gasteiger partial charge < -0.3 is 14.6 Å². The fourth-order valence-corrected chi connectivity index (χ4v) is 1.89. The van der Waals surface area contributed by atoms with Crippen molar-refractivity contribution in [3.63, 3.8) is 0 Å². The Morgan fingerprint density at radius 1 is 1.32 bits per heavy atom. The van der Waals surface area contributed by atoms with Gasteiger partial charge >= 0.3 is 6.09 Å². The topological polar surface area (TPSA) is 77.2 Å². The fraction of sp³-hybridized carbons (Fsp3) is 0.438. The Morgan fingerprint density at radius 2 is 2.00 bits per heavy atom. The summed E-state index contributed by atoms with van der Waals surface area (Å²) in [7, 11) is 0. The minimum atomic E-state index is -0.575. The monoisotopic (exact) mass is 303 g/mol. The number of carbonyl (C=O) groups excluding carboxylic acids is 1.